The molecule has 18 heavy (non-hydrogen) atoms. The summed E-state index contributed by atoms with van der Waals surface area (Å²) >= 11 is 3.48. The highest BCUT2D eigenvalue weighted by molar-refractivity contribution is 9.10. The van der Waals surface area contributed by atoms with Crippen LogP contribution in [0.2, 0.25) is 0 Å². The van der Waals surface area contributed by atoms with Crippen molar-refractivity contribution >= 4 is 27.9 Å². The van der Waals surface area contributed by atoms with Crippen molar-refractivity contribution in [3.63, 3.8) is 0 Å². The molecule has 1 aromatic rings. The fraction of sp³-hybridized carbons (Fsp3) is 0.533. The Bertz CT molecular complexity index is 425. The summed E-state index contributed by atoms with van der Waals surface area (Å²) in [6.45, 7) is 2.33. The van der Waals surface area contributed by atoms with Crippen molar-refractivity contribution in [3.05, 3.63) is 28.2 Å². The zero-order chi connectivity index (χ0) is 13.1. The first kappa shape index (κ1) is 13.6. The van der Waals surface area contributed by atoms with Gasteiger partial charge in [-0.1, -0.05) is 22.9 Å². The minimum atomic E-state index is 0.564. The average molecular weight is 310 g/mol. The van der Waals surface area contributed by atoms with E-state index in [1.54, 1.807) is 0 Å². The van der Waals surface area contributed by atoms with Gasteiger partial charge in [-0.25, -0.2) is 0 Å². The van der Waals surface area contributed by atoms with E-state index in [2.05, 4.69) is 34.8 Å². The molecule has 0 radical (unpaired) electrons. The molecule has 2 nitrogen and oxygen atoms in total. The van der Waals surface area contributed by atoms with Gasteiger partial charge in [0.1, 0.15) is 0 Å². The van der Waals surface area contributed by atoms with E-state index in [9.17, 15) is 4.79 Å². The van der Waals surface area contributed by atoms with E-state index in [4.69, 9.17) is 0 Å². The molecule has 0 aromatic heterocycles. The highest BCUT2D eigenvalue weighted by atomic mass is 79.9. The van der Waals surface area contributed by atoms with Crippen molar-refractivity contribution in [1.82, 2.24) is 0 Å². The van der Waals surface area contributed by atoms with E-state index in [0.29, 0.717) is 6.04 Å². The Morgan fingerprint density at radius 2 is 1.94 bits per heavy atom. The van der Waals surface area contributed by atoms with Gasteiger partial charge in [-0.15, -0.1) is 0 Å². The Kier molecular flexibility index (Phi) is 4.44. The fourth-order valence-electron chi connectivity index (χ4n) is 2.75. The van der Waals surface area contributed by atoms with Crippen LogP contribution in [-0.2, 0) is 0 Å². The molecule has 0 atom stereocenters. The number of carbonyl (C=O) groups excluding carboxylic acids is 1. The van der Waals surface area contributed by atoms with Gasteiger partial charge in [0.25, 0.3) is 0 Å². The maximum Gasteiger partial charge on any atom is 0.152 e. The molecule has 1 aromatic carbocycles. The van der Waals surface area contributed by atoms with Gasteiger partial charge < -0.3 is 4.90 Å². The molecule has 1 saturated carbocycles. The van der Waals surface area contributed by atoms with Crippen LogP contribution in [0.3, 0.4) is 0 Å². The number of halogens is 1. The molecule has 0 spiro atoms. The second kappa shape index (κ2) is 5.87. The van der Waals surface area contributed by atoms with Gasteiger partial charge in [0.15, 0.2) is 6.29 Å². The molecule has 0 aliphatic heterocycles. The van der Waals surface area contributed by atoms with E-state index in [1.807, 2.05) is 18.2 Å². The Hall–Kier alpha value is -0.830. The van der Waals surface area contributed by atoms with E-state index < -0.39 is 0 Å². The summed E-state index contributed by atoms with van der Waals surface area (Å²) in [6, 6.07) is 6.41. The van der Waals surface area contributed by atoms with Crippen molar-refractivity contribution in [3.8, 4) is 0 Å². The minimum Gasteiger partial charge on any atom is -0.371 e. The average Bonchev–Trinajstić information content (AvgIpc) is 2.39. The smallest absolute Gasteiger partial charge is 0.152 e. The molecule has 0 N–H and O–H groups in total. The zero-order valence-electron chi connectivity index (χ0n) is 11.0. The predicted molar refractivity (Wildman–Crippen MR) is 79.4 cm³/mol. The number of hydrogen-bond acceptors (Lipinski definition) is 2. The Morgan fingerprint density at radius 3 is 2.56 bits per heavy atom. The summed E-state index contributed by atoms with van der Waals surface area (Å²) in [5.41, 5.74) is 1.82. The van der Waals surface area contributed by atoms with Crippen molar-refractivity contribution in [2.45, 2.75) is 38.6 Å². The third-order valence-electron chi connectivity index (χ3n) is 4.03. The lowest BCUT2D eigenvalue weighted by Gasteiger charge is -2.35. The molecule has 0 amide bonds. The molecular weight excluding hydrogens is 290 g/mol. The van der Waals surface area contributed by atoms with Crippen LogP contribution in [0.1, 0.15) is 43.0 Å². The number of nitrogens with zero attached hydrogens (tertiary/aromatic N) is 1. The van der Waals surface area contributed by atoms with Gasteiger partial charge in [-0.2, -0.15) is 0 Å². The number of benzene rings is 1. The van der Waals surface area contributed by atoms with Crippen LogP contribution in [0.4, 0.5) is 5.69 Å². The zero-order valence-corrected chi connectivity index (χ0v) is 12.6. The van der Waals surface area contributed by atoms with E-state index in [0.717, 1.165) is 27.9 Å². The molecule has 1 aliphatic carbocycles. The molecule has 3 heteroatoms. The summed E-state index contributed by atoms with van der Waals surface area (Å²) in [7, 11) is 2.11. The van der Waals surface area contributed by atoms with Crippen LogP contribution in [0, 0.1) is 5.92 Å². The van der Waals surface area contributed by atoms with E-state index in [-0.39, 0.29) is 0 Å². The lowest BCUT2D eigenvalue weighted by Crippen LogP contribution is -2.35. The molecular formula is C15H20BrNO. The van der Waals surface area contributed by atoms with Crippen molar-refractivity contribution < 1.29 is 4.79 Å². The molecule has 1 fully saturated rings. The van der Waals surface area contributed by atoms with Crippen LogP contribution >= 0.6 is 15.9 Å². The van der Waals surface area contributed by atoms with Crippen molar-refractivity contribution in [2.24, 2.45) is 5.92 Å². The van der Waals surface area contributed by atoms with Crippen molar-refractivity contribution in [1.29, 1.82) is 0 Å². The second-order valence-corrected chi connectivity index (χ2v) is 6.26. The van der Waals surface area contributed by atoms with Crippen molar-refractivity contribution in [2.75, 3.05) is 11.9 Å². The number of hydrogen-bond donors (Lipinski definition) is 0. The SMILES string of the molecule is CC1CCC(N(C)c2cc(Br)ccc2C=O)CC1. The second-order valence-electron chi connectivity index (χ2n) is 5.35. The fourth-order valence-corrected chi connectivity index (χ4v) is 3.10. The van der Waals surface area contributed by atoms with E-state index >= 15 is 0 Å². The molecule has 98 valence electrons. The number of anilines is 1. The van der Waals surface area contributed by atoms with Crippen LogP contribution in [0.15, 0.2) is 22.7 Å². The van der Waals surface area contributed by atoms with Crippen LogP contribution in [0.5, 0.6) is 0 Å². The highest BCUT2D eigenvalue weighted by Crippen LogP contribution is 2.31. The first-order chi connectivity index (χ1) is 8.61. The van der Waals surface area contributed by atoms with Gasteiger partial charge in [-0.05, 0) is 49.8 Å². The maximum absolute atomic E-state index is 11.1. The Labute approximate surface area is 117 Å². The third kappa shape index (κ3) is 2.94. The lowest BCUT2D eigenvalue weighted by molar-refractivity contribution is 0.112. The topological polar surface area (TPSA) is 20.3 Å². The molecule has 1 aliphatic rings. The molecule has 0 unspecified atom stereocenters. The Morgan fingerprint density at radius 1 is 1.28 bits per heavy atom. The quantitative estimate of drug-likeness (QED) is 0.777. The standard InChI is InChI=1S/C15H20BrNO/c1-11-3-7-14(8-4-11)17(2)15-9-13(16)6-5-12(15)10-18/h5-6,9-11,14H,3-4,7-8H2,1-2H3. The highest BCUT2D eigenvalue weighted by Gasteiger charge is 2.23. The number of aldehydes is 1. The molecule has 0 bridgehead atoms. The normalized spacial score (nSPS) is 23.7. The molecule has 2 rings (SSSR count). The number of rotatable bonds is 3. The van der Waals surface area contributed by atoms with Gasteiger partial charge in [0.2, 0.25) is 0 Å². The lowest BCUT2D eigenvalue weighted by atomic mass is 9.86. The van der Waals surface area contributed by atoms with Crippen LogP contribution in [0.25, 0.3) is 0 Å². The van der Waals surface area contributed by atoms with Gasteiger partial charge >= 0.3 is 0 Å². The summed E-state index contributed by atoms with van der Waals surface area (Å²) in [5.74, 6) is 0.850. The maximum atomic E-state index is 11.1. The third-order valence-corrected chi connectivity index (χ3v) is 4.53. The Balaban J connectivity index is 2.19. The van der Waals surface area contributed by atoms with Gasteiger partial charge in [0.05, 0.1) is 0 Å². The minimum absolute atomic E-state index is 0.564. The van der Waals surface area contributed by atoms with Crippen LogP contribution < -0.4 is 4.90 Å². The first-order valence-corrected chi connectivity index (χ1v) is 7.38. The molecule has 0 heterocycles. The summed E-state index contributed by atoms with van der Waals surface area (Å²) in [5, 5.41) is 0. The van der Waals surface area contributed by atoms with E-state index in [1.165, 1.54) is 25.7 Å². The number of carbonyl (C=O) groups is 1. The van der Waals surface area contributed by atoms with Crippen LogP contribution in [-0.4, -0.2) is 19.4 Å². The summed E-state index contributed by atoms with van der Waals surface area (Å²) in [4.78, 5) is 13.4. The van der Waals surface area contributed by atoms with Gasteiger partial charge in [-0.3, -0.25) is 4.79 Å². The largest absolute Gasteiger partial charge is 0.371 e. The summed E-state index contributed by atoms with van der Waals surface area (Å²) in [6.07, 6.45) is 5.98. The first-order valence-electron chi connectivity index (χ1n) is 6.59. The molecule has 0 saturated heterocycles. The predicted octanol–water partition coefficient (Wildman–Crippen LogP) is 4.28. The van der Waals surface area contributed by atoms with Gasteiger partial charge in [0, 0.05) is 28.8 Å². The summed E-state index contributed by atoms with van der Waals surface area (Å²) < 4.78 is 1.03. The monoisotopic (exact) mass is 309 g/mol.